The van der Waals surface area contributed by atoms with E-state index in [0.29, 0.717) is 6.54 Å². The zero-order valence-electron chi connectivity index (χ0n) is 7.57. The van der Waals surface area contributed by atoms with Crippen LogP contribution in [0, 0.1) is 11.5 Å². The molecule has 0 heterocycles. The van der Waals surface area contributed by atoms with Gasteiger partial charge in [-0.05, 0) is 6.42 Å². The first-order chi connectivity index (χ1) is 5.06. The highest BCUT2D eigenvalue weighted by Gasteiger charge is 2.06. The van der Waals surface area contributed by atoms with Gasteiger partial charge in [0.05, 0.1) is 0 Å². The van der Waals surface area contributed by atoms with Crippen LogP contribution in [0.4, 0.5) is 0 Å². The largest absolute Gasteiger partial charge is 0.317 e. The Kier molecular flexibility index (Phi) is 5.21. The van der Waals surface area contributed by atoms with Crippen molar-refractivity contribution in [1.29, 1.82) is 0 Å². The lowest BCUT2D eigenvalue weighted by Gasteiger charge is -2.02. The maximum Gasteiger partial charge on any atom is 0.129 e. The van der Waals surface area contributed by atoms with Gasteiger partial charge in [0.2, 0.25) is 0 Å². The summed E-state index contributed by atoms with van der Waals surface area (Å²) in [6.45, 7) is 7.32. The predicted octanol–water partition coefficient (Wildman–Crippen LogP) is 1.63. The summed E-state index contributed by atoms with van der Waals surface area (Å²) in [5.74, 6) is 3.12. The van der Waals surface area contributed by atoms with E-state index < -0.39 is 8.07 Å². The number of unbranched alkanes of at least 4 members (excludes halogenated alkanes) is 1. The van der Waals surface area contributed by atoms with Gasteiger partial charge in [0.1, 0.15) is 8.07 Å². The van der Waals surface area contributed by atoms with Gasteiger partial charge < -0.3 is 5.21 Å². The molecule has 0 saturated heterocycles. The van der Waals surface area contributed by atoms with Gasteiger partial charge in [0.25, 0.3) is 0 Å². The third-order valence-corrected chi connectivity index (χ3v) is 1.98. The van der Waals surface area contributed by atoms with Crippen LogP contribution in [0.1, 0.15) is 12.8 Å². The highest BCUT2D eigenvalue weighted by Crippen LogP contribution is 1.96. The summed E-state index contributed by atoms with van der Waals surface area (Å²) < 4.78 is 0. The Hall–Kier alpha value is -0.303. The highest BCUT2D eigenvalue weighted by atomic mass is 28.3. The predicted molar refractivity (Wildman–Crippen MR) is 50.1 cm³/mol. The first-order valence-electron chi connectivity index (χ1n) is 3.93. The lowest BCUT2D eigenvalue weighted by atomic mass is 10.3. The van der Waals surface area contributed by atoms with E-state index in [0.717, 1.165) is 12.8 Å². The van der Waals surface area contributed by atoms with Crippen molar-refractivity contribution in [3.05, 3.63) is 0 Å². The molecule has 0 aromatic rings. The van der Waals surface area contributed by atoms with Crippen molar-refractivity contribution in [2.45, 2.75) is 32.5 Å². The zero-order chi connectivity index (χ0) is 8.74. The van der Waals surface area contributed by atoms with Gasteiger partial charge in [0, 0.05) is 13.0 Å². The molecule has 2 N–H and O–H groups in total. The minimum absolute atomic E-state index is 0.639. The summed E-state index contributed by atoms with van der Waals surface area (Å²) in [5.41, 5.74) is 5.37. The normalized spacial score (nSPS) is 10.5. The van der Waals surface area contributed by atoms with Crippen LogP contribution >= 0.6 is 0 Å². The molecule has 0 fully saturated rings. The Labute approximate surface area is 70.0 Å². The molecule has 0 aliphatic rings. The summed E-state index contributed by atoms with van der Waals surface area (Å²) in [6, 6.07) is 0. The molecule has 11 heavy (non-hydrogen) atoms. The maximum atomic E-state index is 8.24. The standard InChI is InChI=1S/C8H17NOSi/c1-11(2,3)8-6-4-5-7-9-10/h9-10H,4-5,7H2,1-3H3. The average molecular weight is 171 g/mol. The van der Waals surface area contributed by atoms with Crippen LogP contribution < -0.4 is 5.48 Å². The minimum Gasteiger partial charge on any atom is -0.317 e. The molecular weight excluding hydrogens is 154 g/mol. The van der Waals surface area contributed by atoms with E-state index in [9.17, 15) is 0 Å². The molecule has 0 aromatic carbocycles. The second-order valence-electron chi connectivity index (χ2n) is 3.56. The second-order valence-corrected chi connectivity index (χ2v) is 8.31. The minimum atomic E-state index is -1.16. The van der Waals surface area contributed by atoms with E-state index in [-0.39, 0.29) is 0 Å². The van der Waals surface area contributed by atoms with Gasteiger partial charge in [-0.3, -0.25) is 0 Å². The average Bonchev–Trinajstić information content (AvgIpc) is 1.85. The van der Waals surface area contributed by atoms with Gasteiger partial charge in [-0.1, -0.05) is 19.6 Å². The first kappa shape index (κ1) is 10.7. The van der Waals surface area contributed by atoms with E-state index in [2.05, 4.69) is 36.6 Å². The van der Waals surface area contributed by atoms with Gasteiger partial charge in [-0.15, -0.1) is 11.5 Å². The topological polar surface area (TPSA) is 32.3 Å². The van der Waals surface area contributed by atoms with Crippen molar-refractivity contribution in [3.8, 4) is 11.5 Å². The van der Waals surface area contributed by atoms with Crippen LogP contribution in [-0.4, -0.2) is 19.8 Å². The number of hydrogen-bond acceptors (Lipinski definition) is 2. The van der Waals surface area contributed by atoms with Crippen molar-refractivity contribution in [3.63, 3.8) is 0 Å². The van der Waals surface area contributed by atoms with Crippen molar-refractivity contribution >= 4 is 8.07 Å². The van der Waals surface area contributed by atoms with Crippen LogP contribution in [0.5, 0.6) is 0 Å². The fraction of sp³-hybridized carbons (Fsp3) is 0.750. The van der Waals surface area contributed by atoms with Crippen LogP contribution in [0.25, 0.3) is 0 Å². The zero-order valence-corrected chi connectivity index (χ0v) is 8.57. The Morgan fingerprint density at radius 2 is 2.00 bits per heavy atom. The maximum absolute atomic E-state index is 8.24. The SMILES string of the molecule is C[Si](C)(C)C#CCCCNO. The van der Waals surface area contributed by atoms with Gasteiger partial charge in [0.15, 0.2) is 0 Å². The Morgan fingerprint density at radius 1 is 1.36 bits per heavy atom. The van der Waals surface area contributed by atoms with E-state index in [4.69, 9.17) is 5.21 Å². The molecule has 0 bridgehead atoms. The van der Waals surface area contributed by atoms with Crippen molar-refractivity contribution in [2.24, 2.45) is 0 Å². The molecule has 0 aromatic heterocycles. The third kappa shape index (κ3) is 9.70. The van der Waals surface area contributed by atoms with E-state index in [1.54, 1.807) is 0 Å². The summed E-state index contributed by atoms with van der Waals surface area (Å²) >= 11 is 0. The lowest BCUT2D eigenvalue weighted by molar-refractivity contribution is 0.166. The first-order valence-corrected chi connectivity index (χ1v) is 7.43. The van der Waals surface area contributed by atoms with Crippen molar-refractivity contribution in [1.82, 2.24) is 5.48 Å². The monoisotopic (exact) mass is 171 g/mol. The van der Waals surface area contributed by atoms with Crippen LogP contribution in [0.3, 0.4) is 0 Å². The van der Waals surface area contributed by atoms with Crippen LogP contribution in [0.2, 0.25) is 19.6 Å². The molecule has 0 spiro atoms. The smallest absolute Gasteiger partial charge is 0.129 e. The van der Waals surface area contributed by atoms with E-state index in [1.165, 1.54) is 0 Å². The Balaban J connectivity index is 3.41. The lowest BCUT2D eigenvalue weighted by Crippen LogP contribution is -2.16. The van der Waals surface area contributed by atoms with Crippen LogP contribution in [0.15, 0.2) is 0 Å². The summed E-state index contributed by atoms with van der Waals surface area (Å²) in [5, 5.41) is 8.24. The molecule has 0 saturated carbocycles. The quantitative estimate of drug-likeness (QED) is 0.293. The Bertz CT molecular complexity index is 152. The molecule has 0 atom stereocenters. The molecule has 0 radical (unpaired) electrons. The number of nitrogens with one attached hydrogen (secondary N) is 1. The second kappa shape index (κ2) is 5.36. The number of rotatable bonds is 3. The number of hydroxylamine groups is 1. The molecule has 0 aliphatic carbocycles. The molecule has 64 valence electrons. The molecular formula is C8H17NOSi. The molecule has 0 rings (SSSR count). The van der Waals surface area contributed by atoms with Crippen molar-refractivity contribution < 1.29 is 5.21 Å². The molecule has 3 heteroatoms. The van der Waals surface area contributed by atoms with Gasteiger partial charge in [-0.2, -0.15) is 0 Å². The summed E-state index contributed by atoms with van der Waals surface area (Å²) in [4.78, 5) is 0. The molecule has 0 aliphatic heterocycles. The Morgan fingerprint density at radius 3 is 2.45 bits per heavy atom. The van der Waals surface area contributed by atoms with E-state index >= 15 is 0 Å². The van der Waals surface area contributed by atoms with Gasteiger partial charge >= 0.3 is 0 Å². The van der Waals surface area contributed by atoms with Gasteiger partial charge in [-0.25, -0.2) is 5.48 Å². The van der Waals surface area contributed by atoms with E-state index in [1.807, 2.05) is 0 Å². The third-order valence-electron chi connectivity index (χ3n) is 1.05. The molecule has 0 amide bonds. The van der Waals surface area contributed by atoms with Crippen LogP contribution in [-0.2, 0) is 0 Å². The summed E-state index contributed by atoms with van der Waals surface area (Å²) in [6.07, 6.45) is 1.81. The summed E-state index contributed by atoms with van der Waals surface area (Å²) in [7, 11) is -1.16. The number of hydrogen-bond donors (Lipinski definition) is 2. The fourth-order valence-corrected chi connectivity index (χ4v) is 1.24. The fourth-order valence-electron chi connectivity index (χ4n) is 0.583. The molecule has 2 nitrogen and oxygen atoms in total. The molecule has 0 unspecified atom stereocenters. The van der Waals surface area contributed by atoms with Crippen molar-refractivity contribution in [2.75, 3.05) is 6.54 Å². The highest BCUT2D eigenvalue weighted by molar-refractivity contribution is 6.83.